The van der Waals surface area contributed by atoms with Crippen LogP contribution >= 0.6 is 0 Å². The normalized spacial score (nSPS) is 24.1. The van der Waals surface area contributed by atoms with Crippen molar-refractivity contribution in [3.05, 3.63) is 77.1 Å². The minimum Gasteiger partial charge on any atom is -0.464 e. The molecule has 5 atom stereocenters. The summed E-state index contributed by atoms with van der Waals surface area (Å²) in [4.78, 5) is 50.3. The van der Waals surface area contributed by atoms with E-state index in [2.05, 4.69) is 58.4 Å². The maximum Gasteiger partial charge on any atom is 0.324 e. The number of methoxy groups -OCH3 is 1. The number of halogens is 2. The molecule has 3 fully saturated rings. The molecule has 4 aliphatic heterocycles. The lowest BCUT2D eigenvalue weighted by Crippen LogP contribution is -2.62. The van der Waals surface area contributed by atoms with Gasteiger partial charge in [-0.15, -0.1) is 0 Å². The van der Waals surface area contributed by atoms with Crippen LogP contribution in [0.2, 0.25) is 0 Å². The average Bonchev–Trinajstić information content (AvgIpc) is 4.01. The number of hydrogen-bond acceptors (Lipinski definition) is 9. The number of benzene rings is 2. The van der Waals surface area contributed by atoms with Crippen molar-refractivity contribution in [3.63, 3.8) is 0 Å². The van der Waals surface area contributed by atoms with Crippen molar-refractivity contribution in [2.75, 3.05) is 46.4 Å². The Morgan fingerprint density at radius 2 is 1.88 bits per heavy atom. The summed E-state index contributed by atoms with van der Waals surface area (Å²) in [5, 5.41) is 8.98. The Hall–Kier alpha value is -4.76. The third-order valence-corrected chi connectivity index (χ3v) is 14.1. The van der Waals surface area contributed by atoms with E-state index in [1.807, 2.05) is 45.0 Å². The van der Waals surface area contributed by atoms with Crippen molar-refractivity contribution < 1.29 is 32.6 Å². The van der Waals surface area contributed by atoms with E-state index in [1.165, 1.54) is 17.1 Å². The summed E-state index contributed by atoms with van der Waals surface area (Å²) in [5.41, 5.74) is 9.01. The third kappa shape index (κ3) is 9.21. The number of nitrogens with zero attached hydrogens (tertiary/aromatic N) is 4. The van der Waals surface area contributed by atoms with Gasteiger partial charge < -0.3 is 24.7 Å². The zero-order valence-corrected chi connectivity index (χ0v) is 38.4. The first-order valence-electron chi connectivity index (χ1n) is 23.2. The van der Waals surface area contributed by atoms with Crippen LogP contribution in [0.3, 0.4) is 0 Å². The number of fused-ring (bicyclic) bond motifs is 6. The molecule has 12 nitrogen and oxygen atoms in total. The Morgan fingerprint density at radius 1 is 1.06 bits per heavy atom. The number of aromatic nitrogens is 2. The topological polar surface area (TPSA) is 130 Å². The number of nitrogens with one attached hydrogen (secondary N) is 3. The number of aryl methyl sites for hydroxylation is 1. The van der Waals surface area contributed by atoms with Gasteiger partial charge in [0.1, 0.15) is 12.1 Å². The van der Waals surface area contributed by atoms with Gasteiger partial charge in [0.25, 0.3) is 12.3 Å². The Kier molecular flexibility index (Phi) is 13.3. The fourth-order valence-corrected chi connectivity index (χ4v) is 10.7. The van der Waals surface area contributed by atoms with Crippen molar-refractivity contribution in [1.29, 1.82) is 0 Å². The molecular weight excluding hydrogens is 817 g/mol. The summed E-state index contributed by atoms with van der Waals surface area (Å²) in [6, 6.07) is 12.5. The highest BCUT2D eigenvalue weighted by atomic mass is 19.3. The molecule has 1 spiro atoms. The molecule has 3 saturated heterocycles. The fourth-order valence-electron chi connectivity index (χ4n) is 10.7. The molecule has 6 heterocycles. The van der Waals surface area contributed by atoms with E-state index in [9.17, 15) is 23.2 Å². The molecule has 64 heavy (non-hydrogen) atoms. The lowest BCUT2D eigenvalue weighted by molar-refractivity contribution is -0.155. The van der Waals surface area contributed by atoms with Crippen LogP contribution in [0.4, 0.5) is 8.78 Å². The number of cyclic esters (lactones) is 1. The maximum atomic E-state index is 15.0. The standard InChI is InChI=1S/C50H65F2N7O5/c1-8-58-41-14-13-33-25-37(41)38(44(58)36-11-9-17-54-42(36)31(4)63-7)26-49(5,6)29-64-48(62)39-12-10-19-59(56-39)47(61)40(23-32-21-34(33)24-35(22-32)45(51)52)55-46(60)43(30(2)3)57-20-16-50(28-57)15-18-53-27-50/h9,11,13-14,17,21-22,24-25,30-31,39-40,43,45,53,56H,8,10,12,15-16,18-20,23,26-29H2,1-7H3,(H,55,60)/t31-,39-,40-,43-,50-/m0/s1. The fraction of sp³-hybridized carbons (Fsp3) is 0.560. The number of ether oxygens (including phenoxy) is 2. The zero-order chi connectivity index (χ0) is 45.5. The number of carbonyl (C=O) groups excluding carboxylic acids is 3. The molecule has 4 aromatic rings. The van der Waals surface area contributed by atoms with Gasteiger partial charge in [-0.25, -0.2) is 14.2 Å². The van der Waals surface area contributed by atoms with Gasteiger partial charge in [0.2, 0.25) is 5.91 Å². The maximum absolute atomic E-state index is 15.0. The second-order valence-electron chi connectivity index (χ2n) is 19.7. The van der Waals surface area contributed by atoms with Crippen LogP contribution in [0, 0.1) is 16.7 Å². The predicted octanol–water partition coefficient (Wildman–Crippen LogP) is 7.39. The van der Waals surface area contributed by atoms with Crippen LogP contribution in [-0.4, -0.2) is 102 Å². The van der Waals surface area contributed by atoms with Crippen LogP contribution < -0.4 is 16.1 Å². The van der Waals surface area contributed by atoms with Crippen LogP contribution in [0.1, 0.15) is 102 Å². The van der Waals surface area contributed by atoms with Crippen LogP contribution in [0.25, 0.3) is 33.3 Å². The predicted molar refractivity (Wildman–Crippen MR) is 243 cm³/mol. The number of esters is 1. The molecule has 0 aliphatic carbocycles. The highest BCUT2D eigenvalue weighted by Gasteiger charge is 2.45. The van der Waals surface area contributed by atoms with Gasteiger partial charge in [-0.3, -0.25) is 29.3 Å². The summed E-state index contributed by atoms with van der Waals surface area (Å²) in [5.74, 6) is -1.23. The highest BCUT2D eigenvalue weighted by Crippen LogP contribution is 2.43. The lowest BCUT2D eigenvalue weighted by Gasteiger charge is -2.37. The van der Waals surface area contributed by atoms with Gasteiger partial charge in [0.05, 0.1) is 30.1 Å². The molecule has 2 aromatic carbocycles. The van der Waals surface area contributed by atoms with Crippen molar-refractivity contribution in [2.24, 2.45) is 16.7 Å². The van der Waals surface area contributed by atoms with Crippen LogP contribution in [-0.2, 0) is 43.2 Å². The number of rotatable bonds is 9. The van der Waals surface area contributed by atoms with Crippen molar-refractivity contribution in [2.45, 2.75) is 117 Å². The molecule has 0 saturated carbocycles. The van der Waals surface area contributed by atoms with Gasteiger partial charge in [-0.2, -0.15) is 0 Å². The number of carbonyl (C=O) groups is 3. The molecule has 4 aliphatic rings. The molecule has 2 aromatic heterocycles. The van der Waals surface area contributed by atoms with Crippen LogP contribution in [0.5, 0.6) is 0 Å². The first kappa shape index (κ1) is 45.8. The van der Waals surface area contributed by atoms with E-state index in [1.54, 1.807) is 13.3 Å². The smallest absolute Gasteiger partial charge is 0.324 e. The number of likely N-dealkylation sites (tertiary alicyclic amines) is 1. The summed E-state index contributed by atoms with van der Waals surface area (Å²) >= 11 is 0. The van der Waals surface area contributed by atoms with E-state index < -0.39 is 41.8 Å². The molecule has 8 rings (SSSR count). The van der Waals surface area contributed by atoms with Crippen molar-refractivity contribution in [1.82, 2.24) is 35.5 Å². The third-order valence-electron chi connectivity index (χ3n) is 14.1. The molecular formula is C50H65F2N7O5. The molecule has 14 heteroatoms. The molecule has 6 bridgehead atoms. The largest absolute Gasteiger partial charge is 0.464 e. The Labute approximate surface area is 375 Å². The molecule has 3 N–H and O–H groups in total. The summed E-state index contributed by atoms with van der Waals surface area (Å²) in [6.45, 7) is 16.7. The Bertz CT molecular complexity index is 2380. The Morgan fingerprint density at radius 3 is 2.59 bits per heavy atom. The number of alkyl halides is 2. The lowest BCUT2D eigenvalue weighted by atomic mass is 9.84. The van der Waals surface area contributed by atoms with Crippen molar-refractivity contribution >= 4 is 28.7 Å². The van der Waals surface area contributed by atoms with Gasteiger partial charge in [-0.05, 0) is 123 Å². The summed E-state index contributed by atoms with van der Waals surface area (Å²) < 4.78 is 44.1. The number of amides is 2. The monoisotopic (exact) mass is 882 g/mol. The second-order valence-corrected chi connectivity index (χ2v) is 19.7. The number of pyridine rings is 1. The SMILES string of the molecule is CCn1c(-c2cccnc2[C@H](C)OC)c2c3cc(ccc31)-c1cc(cc(C(F)F)c1)C[C@H](NC(=O)[C@H](C(C)C)N1CC[C@]3(CCNC3)C1)C(=O)N1CCC[C@H](N1)C(=O)OCC(C)(C)C2. The van der Waals surface area contributed by atoms with E-state index in [4.69, 9.17) is 14.5 Å². The first-order chi connectivity index (χ1) is 30.6. The zero-order valence-electron chi connectivity index (χ0n) is 38.4. The summed E-state index contributed by atoms with van der Waals surface area (Å²) in [6.07, 6.45) is 2.19. The molecule has 0 radical (unpaired) electrons. The Balaban J connectivity index is 1.25. The van der Waals surface area contributed by atoms with Crippen LogP contribution in [0.15, 0.2) is 54.7 Å². The minimum absolute atomic E-state index is 0.0381. The molecule has 2 amide bonds. The van der Waals surface area contributed by atoms with Gasteiger partial charge >= 0.3 is 5.97 Å². The number of hydrazine groups is 1. The molecule has 0 unspecified atom stereocenters. The highest BCUT2D eigenvalue weighted by molar-refractivity contribution is 5.95. The summed E-state index contributed by atoms with van der Waals surface area (Å²) in [7, 11) is 1.66. The quantitative estimate of drug-likeness (QED) is 0.148. The van der Waals surface area contributed by atoms with Gasteiger partial charge in [0.15, 0.2) is 0 Å². The van der Waals surface area contributed by atoms with E-state index in [-0.39, 0.29) is 41.9 Å². The van der Waals surface area contributed by atoms with E-state index >= 15 is 0 Å². The van der Waals surface area contributed by atoms with E-state index in [0.29, 0.717) is 43.5 Å². The molecule has 344 valence electrons. The first-order valence-corrected chi connectivity index (χ1v) is 23.2. The number of hydrogen-bond donors (Lipinski definition) is 3. The minimum atomic E-state index is -2.78. The van der Waals surface area contributed by atoms with Gasteiger partial charge in [-0.1, -0.05) is 45.9 Å². The van der Waals surface area contributed by atoms with E-state index in [0.717, 1.165) is 78.0 Å². The van der Waals surface area contributed by atoms with Gasteiger partial charge in [0, 0.05) is 73.4 Å². The van der Waals surface area contributed by atoms with Crippen molar-refractivity contribution in [3.8, 4) is 22.4 Å². The second kappa shape index (κ2) is 18.6. The average molecular weight is 882 g/mol.